The highest BCUT2D eigenvalue weighted by Crippen LogP contribution is 2.33. The molecule has 0 aliphatic rings. The summed E-state index contributed by atoms with van der Waals surface area (Å²) in [5.41, 5.74) is 0.828. The van der Waals surface area contributed by atoms with Crippen LogP contribution in [-0.2, 0) is 0 Å². The van der Waals surface area contributed by atoms with Crippen LogP contribution >= 0.6 is 23.2 Å². The molecule has 1 heterocycles. The second kappa shape index (κ2) is 5.80. The van der Waals surface area contributed by atoms with E-state index in [4.69, 9.17) is 32.9 Å². The number of nitriles is 1. The van der Waals surface area contributed by atoms with Crippen LogP contribution in [0.1, 0.15) is 15.9 Å². The van der Waals surface area contributed by atoms with E-state index in [0.29, 0.717) is 10.7 Å². The number of carboxylic acids is 1. The molecule has 0 aliphatic heterocycles. The molecule has 1 aromatic heterocycles. The first-order chi connectivity index (χ1) is 11.0. The largest absolute Gasteiger partial charge is 0.478 e. The third-order valence-electron chi connectivity index (χ3n) is 3.05. The number of carbonyl (C=O) groups is 1. The van der Waals surface area contributed by atoms with E-state index in [9.17, 15) is 9.90 Å². The maximum absolute atomic E-state index is 11.3. The SMILES string of the molecule is N#Cc1cc(C(=O)O)c2nc(Nc3cccc(Cl)c3Cl)oc2c1. The molecule has 23 heavy (non-hydrogen) atoms. The van der Waals surface area contributed by atoms with Crippen molar-refractivity contribution in [3.05, 3.63) is 51.5 Å². The highest BCUT2D eigenvalue weighted by Gasteiger charge is 2.17. The maximum Gasteiger partial charge on any atom is 0.338 e. The zero-order valence-electron chi connectivity index (χ0n) is 11.3. The van der Waals surface area contributed by atoms with Crippen LogP contribution in [0.15, 0.2) is 34.7 Å². The third-order valence-corrected chi connectivity index (χ3v) is 3.87. The van der Waals surface area contributed by atoms with Crippen LogP contribution in [0, 0.1) is 11.3 Å². The topological polar surface area (TPSA) is 99.2 Å². The molecule has 3 rings (SSSR count). The Bertz CT molecular complexity index is 976. The standard InChI is InChI=1S/C15H7Cl2N3O3/c16-9-2-1-3-10(12(9)17)19-15-20-13-8(14(21)22)4-7(6-18)5-11(13)23-15/h1-5H,(H,19,20)(H,21,22). The van der Waals surface area contributed by atoms with Gasteiger partial charge in [0.25, 0.3) is 6.01 Å². The first-order valence-electron chi connectivity index (χ1n) is 6.28. The second-order valence-electron chi connectivity index (χ2n) is 4.53. The molecule has 0 unspecified atom stereocenters. The average Bonchev–Trinajstić information content (AvgIpc) is 2.92. The fourth-order valence-electron chi connectivity index (χ4n) is 2.03. The summed E-state index contributed by atoms with van der Waals surface area (Å²) in [7, 11) is 0. The zero-order chi connectivity index (χ0) is 16.6. The summed E-state index contributed by atoms with van der Waals surface area (Å²) in [5, 5.41) is 21.7. The smallest absolute Gasteiger partial charge is 0.338 e. The van der Waals surface area contributed by atoms with Gasteiger partial charge in [0.05, 0.1) is 32.9 Å². The Hall–Kier alpha value is -2.75. The lowest BCUT2D eigenvalue weighted by Gasteiger charge is -2.04. The van der Waals surface area contributed by atoms with Gasteiger partial charge in [-0.2, -0.15) is 10.2 Å². The summed E-state index contributed by atoms with van der Waals surface area (Å²) >= 11 is 12.0. The molecule has 8 heteroatoms. The van der Waals surface area contributed by atoms with Crippen molar-refractivity contribution in [3.8, 4) is 6.07 Å². The molecule has 6 nitrogen and oxygen atoms in total. The van der Waals surface area contributed by atoms with Gasteiger partial charge in [-0.1, -0.05) is 29.3 Å². The molecule has 0 atom stereocenters. The molecule has 0 amide bonds. The van der Waals surface area contributed by atoms with Gasteiger partial charge >= 0.3 is 5.97 Å². The van der Waals surface area contributed by atoms with Gasteiger partial charge in [0.2, 0.25) is 0 Å². The molecule has 114 valence electrons. The van der Waals surface area contributed by atoms with Crippen LogP contribution in [0.3, 0.4) is 0 Å². The summed E-state index contributed by atoms with van der Waals surface area (Å²) in [6.07, 6.45) is 0. The summed E-state index contributed by atoms with van der Waals surface area (Å²) < 4.78 is 5.46. The minimum atomic E-state index is -1.20. The second-order valence-corrected chi connectivity index (χ2v) is 5.32. The molecular formula is C15H7Cl2N3O3. The van der Waals surface area contributed by atoms with Crippen LogP contribution in [-0.4, -0.2) is 16.1 Å². The summed E-state index contributed by atoms with van der Waals surface area (Å²) in [6.45, 7) is 0. The van der Waals surface area contributed by atoms with Gasteiger partial charge in [0.15, 0.2) is 5.58 Å². The lowest BCUT2D eigenvalue weighted by Crippen LogP contribution is -1.98. The summed E-state index contributed by atoms with van der Waals surface area (Å²) in [6, 6.07) is 9.57. The number of nitrogens with zero attached hydrogens (tertiary/aromatic N) is 2. The van der Waals surface area contributed by atoms with Gasteiger partial charge in [-0.15, -0.1) is 0 Å². The van der Waals surface area contributed by atoms with Crippen molar-refractivity contribution in [2.24, 2.45) is 0 Å². The summed E-state index contributed by atoms with van der Waals surface area (Å²) in [5.74, 6) is -1.20. The first kappa shape index (κ1) is 15.2. The van der Waals surface area contributed by atoms with Crippen molar-refractivity contribution in [1.82, 2.24) is 4.98 Å². The van der Waals surface area contributed by atoms with Crippen molar-refractivity contribution in [2.75, 3.05) is 5.32 Å². The van der Waals surface area contributed by atoms with Crippen molar-refractivity contribution in [3.63, 3.8) is 0 Å². The molecule has 0 spiro atoms. The third kappa shape index (κ3) is 2.80. The number of aromatic carboxylic acids is 1. The number of rotatable bonds is 3. The molecule has 0 aliphatic carbocycles. The number of benzene rings is 2. The van der Waals surface area contributed by atoms with E-state index in [0.717, 1.165) is 0 Å². The van der Waals surface area contributed by atoms with Crippen LogP contribution in [0.2, 0.25) is 10.0 Å². The number of anilines is 2. The van der Waals surface area contributed by atoms with E-state index >= 15 is 0 Å². The minimum absolute atomic E-state index is 0.0433. The molecule has 2 aromatic carbocycles. The van der Waals surface area contributed by atoms with E-state index in [1.54, 1.807) is 18.2 Å². The fourth-order valence-corrected chi connectivity index (χ4v) is 2.37. The Morgan fingerprint density at radius 1 is 1.35 bits per heavy atom. The zero-order valence-corrected chi connectivity index (χ0v) is 12.8. The van der Waals surface area contributed by atoms with Gasteiger partial charge in [0, 0.05) is 6.07 Å². The van der Waals surface area contributed by atoms with Crippen molar-refractivity contribution < 1.29 is 14.3 Å². The van der Waals surface area contributed by atoms with Crippen LogP contribution in [0.5, 0.6) is 0 Å². The highest BCUT2D eigenvalue weighted by molar-refractivity contribution is 6.43. The Morgan fingerprint density at radius 3 is 2.83 bits per heavy atom. The molecule has 0 saturated heterocycles. The number of fused-ring (bicyclic) bond motifs is 1. The monoisotopic (exact) mass is 347 g/mol. The van der Waals surface area contributed by atoms with Crippen LogP contribution < -0.4 is 5.32 Å². The van der Waals surface area contributed by atoms with E-state index in [-0.39, 0.29) is 33.3 Å². The number of oxazole rings is 1. The Balaban J connectivity index is 2.10. The molecule has 3 aromatic rings. The van der Waals surface area contributed by atoms with Gasteiger partial charge in [-0.05, 0) is 18.2 Å². The molecule has 0 radical (unpaired) electrons. The number of halogens is 2. The van der Waals surface area contributed by atoms with Crippen molar-refractivity contribution in [1.29, 1.82) is 5.26 Å². The molecule has 0 fully saturated rings. The van der Waals surface area contributed by atoms with Crippen LogP contribution in [0.4, 0.5) is 11.7 Å². The van der Waals surface area contributed by atoms with Gasteiger partial charge in [-0.3, -0.25) is 0 Å². The summed E-state index contributed by atoms with van der Waals surface area (Å²) in [4.78, 5) is 15.4. The van der Waals surface area contributed by atoms with E-state index in [1.807, 2.05) is 6.07 Å². The minimum Gasteiger partial charge on any atom is -0.478 e. The molecular weight excluding hydrogens is 341 g/mol. The molecule has 2 N–H and O–H groups in total. The quantitative estimate of drug-likeness (QED) is 0.726. The van der Waals surface area contributed by atoms with E-state index in [1.165, 1.54) is 12.1 Å². The van der Waals surface area contributed by atoms with Crippen molar-refractivity contribution >= 4 is 52.0 Å². The molecule has 0 saturated carbocycles. The van der Waals surface area contributed by atoms with Gasteiger partial charge in [-0.25, -0.2) is 4.79 Å². The predicted molar refractivity (Wildman–Crippen MR) is 85.4 cm³/mol. The fraction of sp³-hybridized carbons (Fsp3) is 0. The van der Waals surface area contributed by atoms with Crippen LogP contribution in [0.25, 0.3) is 11.1 Å². The predicted octanol–water partition coefficient (Wildman–Crippen LogP) is 4.45. The first-order valence-corrected chi connectivity index (χ1v) is 7.04. The Labute approximate surface area is 139 Å². The van der Waals surface area contributed by atoms with Gasteiger partial charge < -0.3 is 14.8 Å². The van der Waals surface area contributed by atoms with E-state index in [2.05, 4.69) is 10.3 Å². The number of aromatic nitrogens is 1. The van der Waals surface area contributed by atoms with E-state index < -0.39 is 5.97 Å². The highest BCUT2D eigenvalue weighted by atomic mass is 35.5. The van der Waals surface area contributed by atoms with Gasteiger partial charge in [0.1, 0.15) is 5.52 Å². The lowest BCUT2D eigenvalue weighted by atomic mass is 10.1. The number of hydrogen-bond donors (Lipinski definition) is 2. The normalized spacial score (nSPS) is 10.5. The van der Waals surface area contributed by atoms with Crippen molar-refractivity contribution in [2.45, 2.75) is 0 Å². The number of carboxylic acid groups (broad SMARTS) is 1. The Morgan fingerprint density at radius 2 is 2.13 bits per heavy atom. The molecule has 0 bridgehead atoms. The average molecular weight is 348 g/mol. The maximum atomic E-state index is 11.3. The Kier molecular flexibility index (Phi) is 3.82. The number of nitrogens with one attached hydrogen (secondary N) is 1. The number of hydrogen-bond acceptors (Lipinski definition) is 5. The lowest BCUT2D eigenvalue weighted by molar-refractivity contribution is 0.0699.